The summed E-state index contributed by atoms with van der Waals surface area (Å²) in [6, 6.07) is 12.3. The highest BCUT2D eigenvalue weighted by molar-refractivity contribution is 5.95. The second kappa shape index (κ2) is 2.80. The lowest BCUT2D eigenvalue weighted by atomic mass is 9.82. The number of hydrogen-bond donors (Lipinski definition) is 1. The second-order valence-corrected chi connectivity index (χ2v) is 3.47. The Morgan fingerprint density at radius 1 is 1.07 bits per heavy atom. The average molecular weight is 186 g/mol. The van der Waals surface area contributed by atoms with Crippen LogP contribution in [0.5, 0.6) is 0 Å². The van der Waals surface area contributed by atoms with Crippen LogP contribution in [-0.2, 0) is 4.74 Å². The lowest BCUT2D eigenvalue weighted by molar-refractivity contribution is -0.0376. The Balaban J connectivity index is 2.22. The minimum Gasteiger partial charge on any atom is -0.371 e. The van der Waals surface area contributed by atoms with E-state index in [1.165, 1.54) is 21.9 Å². The highest BCUT2D eigenvalue weighted by atomic mass is 16.6. The van der Waals surface area contributed by atoms with Gasteiger partial charge in [0.15, 0.2) is 0 Å². The Bertz CT molecular complexity index is 452. The molecule has 2 nitrogen and oxygen atoms in total. The number of rotatable bonds is 2. The highest BCUT2D eigenvalue weighted by Gasteiger charge is 2.28. The van der Waals surface area contributed by atoms with Gasteiger partial charge in [-0.25, -0.2) is 0 Å². The summed E-state index contributed by atoms with van der Waals surface area (Å²) in [6.07, 6.45) is -0.0279. The first-order valence-corrected chi connectivity index (χ1v) is 4.66. The topological polar surface area (TPSA) is 29.5 Å². The summed E-state index contributed by atoms with van der Waals surface area (Å²) in [5.74, 6) is 0. The van der Waals surface area contributed by atoms with Crippen molar-refractivity contribution in [2.75, 3.05) is 6.79 Å². The van der Waals surface area contributed by atoms with Crippen LogP contribution in [0.25, 0.3) is 10.8 Å². The van der Waals surface area contributed by atoms with Gasteiger partial charge in [-0.3, -0.25) is 0 Å². The first kappa shape index (κ1) is 7.97. The Morgan fingerprint density at radius 2 is 1.71 bits per heavy atom. The molecule has 2 aromatic rings. The van der Waals surface area contributed by atoms with Crippen LogP contribution in [0.1, 0.15) is 17.2 Å². The van der Waals surface area contributed by atoms with Crippen molar-refractivity contribution in [3.05, 3.63) is 47.5 Å². The summed E-state index contributed by atoms with van der Waals surface area (Å²) in [5, 5.41) is 11.3. The fraction of sp³-hybridized carbons (Fsp3) is 0.167. The molecule has 70 valence electrons. The smallest absolute Gasteiger partial charge is 0.144 e. The van der Waals surface area contributed by atoms with Crippen LogP contribution < -0.4 is 0 Å². The molecule has 2 aromatic carbocycles. The standard InChI is InChI=1S/C12H10O2/c13-7-14-12-9-5-1-3-8-4-2-6-10(12)11(8)9/h1-6,12-13H,7H2. The molecule has 0 unspecified atom stereocenters. The van der Waals surface area contributed by atoms with Crippen molar-refractivity contribution in [1.82, 2.24) is 0 Å². The van der Waals surface area contributed by atoms with Gasteiger partial charge in [0.1, 0.15) is 12.9 Å². The Labute approximate surface area is 81.7 Å². The van der Waals surface area contributed by atoms with E-state index in [1.54, 1.807) is 0 Å². The normalized spacial score (nSPS) is 14.4. The van der Waals surface area contributed by atoms with Gasteiger partial charge >= 0.3 is 0 Å². The molecule has 14 heavy (non-hydrogen) atoms. The van der Waals surface area contributed by atoms with E-state index in [0.717, 1.165) is 0 Å². The summed E-state index contributed by atoms with van der Waals surface area (Å²) in [5.41, 5.74) is 2.37. The van der Waals surface area contributed by atoms with Crippen LogP contribution in [-0.4, -0.2) is 11.9 Å². The van der Waals surface area contributed by atoms with E-state index in [-0.39, 0.29) is 12.9 Å². The minimum absolute atomic E-state index is 0.0279. The van der Waals surface area contributed by atoms with Crippen molar-refractivity contribution in [2.24, 2.45) is 0 Å². The molecule has 1 N–H and O–H groups in total. The molecule has 0 aliphatic heterocycles. The number of aliphatic hydroxyl groups excluding tert-OH is 1. The summed E-state index contributed by atoms with van der Waals surface area (Å²) in [6.45, 7) is -0.227. The molecule has 0 aromatic heterocycles. The van der Waals surface area contributed by atoms with E-state index in [9.17, 15) is 0 Å². The van der Waals surface area contributed by atoms with E-state index >= 15 is 0 Å². The number of ether oxygens (including phenoxy) is 1. The zero-order valence-corrected chi connectivity index (χ0v) is 7.60. The zero-order chi connectivity index (χ0) is 9.54. The van der Waals surface area contributed by atoms with Gasteiger partial charge in [-0.05, 0) is 21.9 Å². The molecule has 0 fully saturated rings. The number of benzene rings is 2. The third-order valence-electron chi connectivity index (χ3n) is 2.78. The maximum Gasteiger partial charge on any atom is 0.144 e. The average Bonchev–Trinajstić information content (AvgIpc) is 2.24. The maximum absolute atomic E-state index is 8.76. The Morgan fingerprint density at radius 3 is 2.29 bits per heavy atom. The summed E-state index contributed by atoms with van der Waals surface area (Å²) in [4.78, 5) is 0. The quantitative estimate of drug-likeness (QED) is 0.728. The van der Waals surface area contributed by atoms with Gasteiger partial charge in [-0.1, -0.05) is 36.4 Å². The van der Waals surface area contributed by atoms with Gasteiger partial charge in [0.05, 0.1) is 0 Å². The molecule has 0 amide bonds. The van der Waals surface area contributed by atoms with E-state index in [0.29, 0.717) is 0 Å². The SMILES string of the molecule is OCOC1c2cccc3cccc1c23. The van der Waals surface area contributed by atoms with Crippen LogP contribution in [0.2, 0.25) is 0 Å². The monoisotopic (exact) mass is 186 g/mol. The molecular weight excluding hydrogens is 176 g/mol. The summed E-state index contributed by atoms with van der Waals surface area (Å²) in [7, 11) is 0. The second-order valence-electron chi connectivity index (χ2n) is 3.47. The Hall–Kier alpha value is -1.38. The first-order valence-electron chi connectivity index (χ1n) is 4.66. The third kappa shape index (κ3) is 0.870. The molecule has 2 heteroatoms. The molecule has 0 heterocycles. The van der Waals surface area contributed by atoms with Crippen LogP contribution in [0.15, 0.2) is 36.4 Å². The Kier molecular flexibility index (Phi) is 1.60. The lowest BCUT2D eigenvalue weighted by Gasteiger charge is -2.29. The number of hydrogen-bond acceptors (Lipinski definition) is 2. The maximum atomic E-state index is 8.76. The van der Waals surface area contributed by atoms with E-state index in [4.69, 9.17) is 9.84 Å². The fourth-order valence-corrected chi connectivity index (χ4v) is 2.18. The molecule has 0 atom stereocenters. The van der Waals surface area contributed by atoms with Crippen molar-refractivity contribution in [3.8, 4) is 0 Å². The van der Waals surface area contributed by atoms with Crippen LogP contribution in [0.4, 0.5) is 0 Å². The van der Waals surface area contributed by atoms with Gasteiger partial charge in [0.25, 0.3) is 0 Å². The van der Waals surface area contributed by atoms with Gasteiger partial charge in [0.2, 0.25) is 0 Å². The molecule has 0 spiro atoms. The van der Waals surface area contributed by atoms with E-state index in [2.05, 4.69) is 24.3 Å². The number of aliphatic hydroxyl groups is 1. The van der Waals surface area contributed by atoms with Crippen molar-refractivity contribution in [1.29, 1.82) is 0 Å². The van der Waals surface area contributed by atoms with Gasteiger partial charge in [-0.2, -0.15) is 0 Å². The highest BCUT2D eigenvalue weighted by Crippen LogP contribution is 2.44. The third-order valence-corrected chi connectivity index (χ3v) is 2.78. The van der Waals surface area contributed by atoms with Crippen LogP contribution >= 0.6 is 0 Å². The molecule has 0 saturated heterocycles. The predicted octanol–water partition coefficient (Wildman–Crippen LogP) is 2.21. The van der Waals surface area contributed by atoms with Crippen LogP contribution in [0.3, 0.4) is 0 Å². The fourth-order valence-electron chi connectivity index (χ4n) is 2.18. The van der Waals surface area contributed by atoms with Crippen molar-refractivity contribution >= 4 is 10.8 Å². The molecular formula is C12H10O2. The van der Waals surface area contributed by atoms with E-state index < -0.39 is 0 Å². The van der Waals surface area contributed by atoms with Crippen molar-refractivity contribution in [2.45, 2.75) is 6.10 Å². The van der Waals surface area contributed by atoms with Crippen molar-refractivity contribution < 1.29 is 9.84 Å². The van der Waals surface area contributed by atoms with E-state index in [1.807, 2.05) is 12.1 Å². The van der Waals surface area contributed by atoms with Gasteiger partial charge in [0, 0.05) is 0 Å². The molecule has 0 bridgehead atoms. The first-order chi connectivity index (χ1) is 6.92. The predicted molar refractivity (Wildman–Crippen MR) is 54.0 cm³/mol. The molecule has 1 aliphatic carbocycles. The molecule has 3 rings (SSSR count). The summed E-state index contributed by atoms with van der Waals surface area (Å²) < 4.78 is 5.25. The zero-order valence-electron chi connectivity index (χ0n) is 7.60. The molecule has 0 radical (unpaired) electrons. The van der Waals surface area contributed by atoms with Crippen LogP contribution in [0, 0.1) is 0 Å². The largest absolute Gasteiger partial charge is 0.371 e. The molecule has 0 saturated carbocycles. The lowest BCUT2D eigenvalue weighted by Crippen LogP contribution is -2.16. The van der Waals surface area contributed by atoms with Gasteiger partial charge < -0.3 is 9.84 Å². The van der Waals surface area contributed by atoms with Crippen molar-refractivity contribution in [3.63, 3.8) is 0 Å². The summed E-state index contributed by atoms with van der Waals surface area (Å²) >= 11 is 0. The van der Waals surface area contributed by atoms with Gasteiger partial charge in [-0.15, -0.1) is 0 Å². The minimum atomic E-state index is -0.227. The molecule has 1 aliphatic rings.